The summed E-state index contributed by atoms with van der Waals surface area (Å²) in [6.07, 6.45) is 0.636. The molecule has 0 radical (unpaired) electrons. The van der Waals surface area contributed by atoms with Gasteiger partial charge in [0.2, 0.25) is 5.91 Å². The molecule has 1 aliphatic rings. The summed E-state index contributed by atoms with van der Waals surface area (Å²) in [7, 11) is 0. The van der Waals surface area contributed by atoms with Gasteiger partial charge in [0, 0.05) is 12.1 Å². The van der Waals surface area contributed by atoms with Crippen molar-refractivity contribution >= 4 is 11.6 Å². The lowest BCUT2D eigenvalue weighted by molar-refractivity contribution is -0.119. The number of β-amino-alcohol motifs (C(OH)–C–C–N with tert-alkyl or cyclic N) is 1. The van der Waals surface area contributed by atoms with Crippen LogP contribution in [-0.4, -0.2) is 17.6 Å². The number of aliphatic hydroxyl groups excluding tert-OH is 1. The van der Waals surface area contributed by atoms with Gasteiger partial charge >= 0.3 is 0 Å². The average Bonchev–Trinajstić information content (AvgIpc) is 2.51. The maximum atomic E-state index is 12.1. The van der Waals surface area contributed by atoms with E-state index in [1.165, 1.54) is 5.56 Å². The van der Waals surface area contributed by atoms with Crippen LogP contribution in [0.3, 0.4) is 0 Å². The van der Waals surface area contributed by atoms with Crippen LogP contribution in [0.15, 0.2) is 54.6 Å². The van der Waals surface area contributed by atoms with Crippen molar-refractivity contribution in [3.8, 4) is 0 Å². The molecule has 0 saturated carbocycles. The zero-order chi connectivity index (χ0) is 13.9. The largest absolute Gasteiger partial charge is 0.387 e. The Morgan fingerprint density at radius 3 is 2.50 bits per heavy atom. The number of benzene rings is 2. The third-order valence-corrected chi connectivity index (χ3v) is 3.73. The molecule has 3 nitrogen and oxygen atoms in total. The number of aryl methyl sites for hydroxylation is 1. The molecular formula is C17H17NO2. The van der Waals surface area contributed by atoms with Crippen LogP contribution >= 0.6 is 0 Å². The Morgan fingerprint density at radius 1 is 1.00 bits per heavy atom. The first-order valence-electron chi connectivity index (χ1n) is 6.87. The fourth-order valence-electron chi connectivity index (χ4n) is 2.65. The number of hydrogen-bond donors (Lipinski definition) is 1. The maximum Gasteiger partial charge on any atom is 0.227 e. The number of amides is 1. The van der Waals surface area contributed by atoms with Crippen LogP contribution in [0.25, 0.3) is 0 Å². The first-order valence-corrected chi connectivity index (χ1v) is 6.87. The molecule has 1 unspecified atom stereocenters. The minimum absolute atomic E-state index is 0.0821. The predicted molar refractivity (Wildman–Crippen MR) is 78.5 cm³/mol. The van der Waals surface area contributed by atoms with E-state index in [4.69, 9.17) is 0 Å². The summed E-state index contributed by atoms with van der Waals surface area (Å²) in [4.78, 5) is 13.8. The van der Waals surface area contributed by atoms with Crippen molar-refractivity contribution in [3.63, 3.8) is 0 Å². The minimum Gasteiger partial charge on any atom is -0.387 e. The van der Waals surface area contributed by atoms with Gasteiger partial charge in [-0.25, -0.2) is 0 Å². The van der Waals surface area contributed by atoms with Gasteiger partial charge in [-0.05, 0) is 23.6 Å². The van der Waals surface area contributed by atoms with E-state index >= 15 is 0 Å². The van der Waals surface area contributed by atoms with Crippen LogP contribution in [0.1, 0.15) is 23.7 Å². The maximum absolute atomic E-state index is 12.1. The highest BCUT2D eigenvalue weighted by atomic mass is 16.3. The molecule has 0 bridgehead atoms. The van der Waals surface area contributed by atoms with Crippen LogP contribution < -0.4 is 4.90 Å². The Labute approximate surface area is 118 Å². The van der Waals surface area contributed by atoms with Crippen molar-refractivity contribution in [1.82, 2.24) is 0 Å². The van der Waals surface area contributed by atoms with E-state index in [2.05, 4.69) is 0 Å². The standard InChI is InChI=1S/C17H17NO2/c19-16(14-7-2-1-3-8-14)12-18-15-9-5-4-6-13(15)10-11-17(18)20/h1-9,16,19H,10-12H2. The van der Waals surface area contributed by atoms with Crippen molar-refractivity contribution in [3.05, 3.63) is 65.7 Å². The lowest BCUT2D eigenvalue weighted by Crippen LogP contribution is -2.38. The topological polar surface area (TPSA) is 40.5 Å². The number of rotatable bonds is 3. The summed E-state index contributed by atoms with van der Waals surface area (Å²) in [6, 6.07) is 17.4. The Bertz CT molecular complexity index is 609. The van der Waals surface area contributed by atoms with Gasteiger partial charge in [0.15, 0.2) is 0 Å². The number of anilines is 1. The van der Waals surface area contributed by atoms with E-state index in [0.717, 1.165) is 17.7 Å². The zero-order valence-electron chi connectivity index (χ0n) is 11.2. The van der Waals surface area contributed by atoms with Gasteiger partial charge in [-0.15, -0.1) is 0 Å². The van der Waals surface area contributed by atoms with E-state index in [1.807, 2.05) is 54.6 Å². The van der Waals surface area contributed by atoms with E-state index in [0.29, 0.717) is 13.0 Å². The van der Waals surface area contributed by atoms with Gasteiger partial charge in [-0.1, -0.05) is 48.5 Å². The Kier molecular flexibility index (Phi) is 3.52. The molecule has 1 atom stereocenters. The van der Waals surface area contributed by atoms with Gasteiger partial charge in [-0.2, -0.15) is 0 Å². The summed E-state index contributed by atoms with van der Waals surface area (Å²) in [6.45, 7) is 0.305. The molecule has 0 fully saturated rings. The van der Waals surface area contributed by atoms with Crippen molar-refractivity contribution in [2.24, 2.45) is 0 Å². The summed E-state index contributed by atoms with van der Waals surface area (Å²) < 4.78 is 0. The third-order valence-electron chi connectivity index (χ3n) is 3.73. The second kappa shape index (κ2) is 5.47. The quantitative estimate of drug-likeness (QED) is 0.929. The molecular weight excluding hydrogens is 250 g/mol. The van der Waals surface area contributed by atoms with Gasteiger partial charge in [-0.3, -0.25) is 4.79 Å². The Hall–Kier alpha value is -2.13. The normalized spacial score (nSPS) is 15.8. The molecule has 2 aromatic rings. The average molecular weight is 267 g/mol. The molecule has 102 valence electrons. The molecule has 1 aliphatic heterocycles. The summed E-state index contributed by atoms with van der Waals surface area (Å²) in [5.74, 6) is 0.0821. The lowest BCUT2D eigenvalue weighted by Gasteiger charge is -2.31. The van der Waals surface area contributed by atoms with Crippen molar-refractivity contribution < 1.29 is 9.90 Å². The molecule has 0 spiro atoms. The van der Waals surface area contributed by atoms with Crippen LogP contribution in [0, 0.1) is 0 Å². The molecule has 0 aromatic heterocycles. The van der Waals surface area contributed by atoms with E-state index in [9.17, 15) is 9.90 Å². The fourth-order valence-corrected chi connectivity index (χ4v) is 2.65. The highest BCUT2D eigenvalue weighted by molar-refractivity contribution is 5.96. The van der Waals surface area contributed by atoms with Crippen molar-refractivity contribution in [2.45, 2.75) is 18.9 Å². The number of hydrogen-bond acceptors (Lipinski definition) is 2. The zero-order valence-corrected chi connectivity index (χ0v) is 11.2. The van der Waals surface area contributed by atoms with E-state index in [1.54, 1.807) is 4.90 Å². The van der Waals surface area contributed by atoms with Gasteiger partial charge < -0.3 is 10.0 Å². The molecule has 0 aliphatic carbocycles. The second-order valence-electron chi connectivity index (χ2n) is 5.06. The molecule has 0 saturated heterocycles. The summed E-state index contributed by atoms with van der Waals surface area (Å²) in [5, 5.41) is 10.3. The number of carbonyl (C=O) groups is 1. The van der Waals surface area contributed by atoms with Gasteiger partial charge in [0.25, 0.3) is 0 Å². The molecule has 1 amide bonds. The molecule has 3 heteroatoms. The van der Waals surface area contributed by atoms with E-state index in [-0.39, 0.29) is 5.91 Å². The molecule has 1 N–H and O–H groups in total. The number of carbonyl (C=O) groups excluding carboxylic acids is 1. The number of nitrogens with zero attached hydrogens (tertiary/aromatic N) is 1. The van der Waals surface area contributed by atoms with Crippen LogP contribution in [0.4, 0.5) is 5.69 Å². The number of para-hydroxylation sites is 1. The van der Waals surface area contributed by atoms with Crippen LogP contribution in [0.5, 0.6) is 0 Å². The minimum atomic E-state index is -0.661. The molecule has 1 heterocycles. The molecule has 3 rings (SSSR count). The van der Waals surface area contributed by atoms with Crippen LogP contribution in [0.2, 0.25) is 0 Å². The molecule has 2 aromatic carbocycles. The smallest absolute Gasteiger partial charge is 0.227 e. The highest BCUT2D eigenvalue weighted by Crippen LogP contribution is 2.29. The van der Waals surface area contributed by atoms with Gasteiger partial charge in [0.1, 0.15) is 0 Å². The lowest BCUT2D eigenvalue weighted by atomic mass is 10.00. The Balaban J connectivity index is 1.85. The fraction of sp³-hybridized carbons (Fsp3) is 0.235. The highest BCUT2D eigenvalue weighted by Gasteiger charge is 2.25. The van der Waals surface area contributed by atoms with Crippen LogP contribution in [-0.2, 0) is 11.2 Å². The first kappa shape index (κ1) is 12.9. The number of aliphatic hydroxyl groups is 1. The summed E-state index contributed by atoms with van der Waals surface area (Å²) >= 11 is 0. The van der Waals surface area contributed by atoms with Crippen molar-refractivity contribution in [1.29, 1.82) is 0 Å². The monoisotopic (exact) mass is 267 g/mol. The predicted octanol–water partition coefficient (Wildman–Crippen LogP) is 2.70. The SMILES string of the molecule is O=C1CCc2ccccc2N1CC(O)c1ccccc1. The third kappa shape index (κ3) is 2.45. The van der Waals surface area contributed by atoms with Gasteiger partial charge in [0.05, 0.1) is 12.6 Å². The first-order chi connectivity index (χ1) is 9.75. The molecule has 20 heavy (non-hydrogen) atoms. The second-order valence-corrected chi connectivity index (χ2v) is 5.06. The van der Waals surface area contributed by atoms with Crippen molar-refractivity contribution in [2.75, 3.05) is 11.4 Å². The Morgan fingerprint density at radius 2 is 1.70 bits per heavy atom. The van der Waals surface area contributed by atoms with E-state index < -0.39 is 6.10 Å². The number of fused-ring (bicyclic) bond motifs is 1. The summed E-state index contributed by atoms with van der Waals surface area (Å²) in [5.41, 5.74) is 2.94.